The lowest BCUT2D eigenvalue weighted by molar-refractivity contribution is -0.119. The predicted molar refractivity (Wildman–Crippen MR) is 83.6 cm³/mol. The van der Waals surface area contributed by atoms with Crippen LogP contribution in [0.3, 0.4) is 0 Å². The molecule has 1 aliphatic rings. The van der Waals surface area contributed by atoms with Crippen LogP contribution in [0.1, 0.15) is 53.0 Å². The van der Waals surface area contributed by atoms with Gasteiger partial charge in [-0.1, -0.05) is 0 Å². The number of piperidine rings is 1. The molecule has 2 rings (SSSR count). The topological polar surface area (TPSA) is 62.3 Å². The molecule has 6 heteroatoms. The molecule has 0 aromatic carbocycles. The second-order valence-corrected chi connectivity index (χ2v) is 6.77. The van der Waals surface area contributed by atoms with E-state index in [1.54, 1.807) is 0 Å². The molecule has 1 fully saturated rings. The van der Waals surface area contributed by atoms with Gasteiger partial charge in [-0.15, -0.1) is 11.3 Å². The van der Waals surface area contributed by atoms with Gasteiger partial charge in [-0.25, -0.2) is 4.98 Å². The van der Waals surface area contributed by atoms with Crippen molar-refractivity contribution in [1.82, 2.24) is 15.2 Å². The monoisotopic (exact) mass is 309 g/mol. The van der Waals surface area contributed by atoms with Crippen LogP contribution in [-0.2, 0) is 4.79 Å². The Labute approximate surface area is 129 Å². The number of aryl methyl sites for hydroxylation is 2. The lowest BCUT2D eigenvalue weighted by atomic mass is 9.99. The fourth-order valence-electron chi connectivity index (χ4n) is 2.84. The summed E-state index contributed by atoms with van der Waals surface area (Å²) in [6, 6.07) is 0.222. The molecule has 2 heterocycles. The van der Waals surface area contributed by atoms with Crippen molar-refractivity contribution in [3.8, 4) is 0 Å². The lowest BCUT2D eigenvalue weighted by Crippen LogP contribution is -2.45. The Morgan fingerprint density at radius 3 is 2.76 bits per heavy atom. The largest absolute Gasteiger partial charge is 0.356 e. The van der Waals surface area contributed by atoms with Gasteiger partial charge in [-0.3, -0.25) is 9.59 Å². The number of nitrogens with one attached hydrogen (secondary N) is 1. The highest BCUT2D eigenvalue weighted by molar-refractivity contribution is 7.13. The van der Waals surface area contributed by atoms with Gasteiger partial charge in [0.05, 0.1) is 10.7 Å². The number of aromatic nitrogens is 1. The minimum Gasteiger partial charge on any atom is -0.356 e. The van der Waals surface area contributed by atoms with Crippen LogP contribution >= 0.6 is 11.3 Å². The number of thiazole rings is 1. The number of carbonyl (C=O) groups excluding carboxylic acids is 2. The van der Waals surface area contributed by atoms with E-state index in [0.717, 1.165) is 47.8 Å². The van der Waals surface area contributed by atoms with Gasteiger partial charge in [0.15, 0.2) is 0 Å². The predicted octanol–water partition coefficient (Wildman–Crippen LogP) is 2.28. The zero-order valence-corrected chi connectivity index (χ0v) is 13.8. The first-order valence-corrected chi connectivity index (χ1v) is 8.30. The van der Waals surface area contributed by atoms with Gasteiger partial charge in [0.25, 0.3) is 5.91 Å². The Balaban J connectivity index is 2.05. The minimum absolute atomic E-state index is 0.0161. The van der Waals surface area contributed by atoms with Gasteiger partial charge < -0.3 is 10.2 Å². The van der Waals surface area contributed by atoms with Gasteiger partial charge in [0.2, 0.25) is 5.91 Å². The maximum absolute atomic E-state index is 12.8. The summed E-state index contributed by atoms with van der Waals surface area (Å²) >= 11 is 1.47. The fourth-order valence-corrected chi connectivity index (χ4v) is 3.72. The molecule has 21 heavy (non-hydrogen) atoms. The highest BCUT2D eigenvalue weighted by Gasteiger charge is 2.29. The lowest BCUT2D eigenvalue weighted by Gasteiger charge is -2.35. The molecule has 1 aliphatic heterocycles. The second kappa shape index (κ2) is 7.02. The Bertz CT molecular complexity index is 527. The van der Waals surface area contributed by atoms with Crippen molar-refractivity contribution in [1.29, 1.82) is 0 Å². The van der Waals surface area contributed by atoms with Gasteiger partial charge in [-0.05, 0) is 39.5 Å². The van der Waals surface area contributed by atoms with Crippen molar-refractivity contribution < 1.29 is 9.59 Å². The molecule has 1 aromatic rings. The van der Waals surface area contributed by atoms with E-state index in [9.17, 15) is 9.59 Å². The Hall–Kier alpha value is -1.43. The minimum atomic E-state index is -0.0161. The number of rotatable bonds is 4. The first-order valence-electron chi connectivity index (χ1n) is 7.48. The maximum Gasteiger partial charge on any atom is 0.266 e. The van der Waals surface area contributed by atoms with E-state index < -0.39 is 0 Å². The van der Waals surface area contributed by atoms with E-state index in [1.165, 1.54) is 18.3 Å². The molecule has 1 saturated heterocycles. The normalized spacial score (nSPS) is 18.6. The summed E-state index contributed by atoms with van der Waals surface area (Å²) in [5.41, 5.74) is 0.827. The summed E-state index contributed by atoms with van der Waals surface area (Å²) in [5.74, 6) is 0.0863. The number of carbonyl (C=O) groups is 2. The summed E-state index contributed by atoms with van der Waals surface area (Å²) in [6.07, 6.45) is 4.04. The van der Waals surface area contributed by atoms with Gasteiger partial charge >= 0.3 is 0 Å². The summed E-state index contributed by atoms with van der Waals surface area (Å²) in [6.45, 7) is 6.78. The van der Waals surface area contributed by atoms with Gasteiger partial charge in [-0.2, -0.15) is 0 Å². The molecule has 0 spiro atoms. The molecule has 0 bridgehead atoms. The van der Waals surface area contributed by atoms with Crippen molar-refractivity contribution in [3.05, 3.63) is 15.6 Å². The van der Waals surface area contributed by atoms with Crippen LogP contribution in [-0.4, -0.2) is 40.8 Å². The van der Waals surface area contributed by atoms with E-state index in [1.807, 2.05) is 18.7 Å². The van der Waals surface area contributed by atoms with Gasteiger partial charge in [0, 0.05) is 26.1 Å². The number of nitrogens with zero attached hydrogens (tertiary/aromatic N) is 2. The molecular formula is C15H23N3O2S. The molecule has 116 valence electrons. The smallest absolute Gasteiger partial charge is 0.266 e. The van der Waals surface area contributed by atoms with Crippen LogP contribution in [0.15, 0.2) is 0 Å². The van der Waals surface area contributed by atoms with Crippen molar-refractivity contribution in [2.45, 2.75) is 52.5 Å². The van der Waals surface area contributed by atoms with E-state index in [0.29, 0.717) is 6.54 Å². The third-order valence-electron chi connectivity index (χ3n) is 3.84. The Morgan fingerprint density at radius 1 is 1.38 bits per heavy atom. The molecule has 1 N–H and O–H groups in total. The molecule has 1 atom stereocenters. The number of hydrogen-bond acceptors (Lipinski definition) is 4. The zero-order valence-electron chi connectivity index (χ0n) is 12.9. The van der Waals surface area contributed by atoms with E-state index in [-0.39, 0.29) is 17.9 Å². The van der Waals surface area contributed by atoms with Crippen LogP contribution in [0.25, 0.3) is 0 Å². The number of hydrogen-bond donors (Lipinski definition) is 1. The Morgan fingerprint density at radius 2 is 2.14 bits per heavy atom. The molecule has 0 radical (unpaired) electrons. The summed E-state index contributed by atoms with van der Waals surface area (Å²) in [4.78, 5) is 30.8. The summed E-state index contributed by atoms with van der Waals surface area (Å²) in [7, 11) is 0. The molecular weight excluding hydrogens is 286 g/mol. The van der Waals surface area contributed by atoms with Crippen molar-refractivity contribution in [2.24, 2.45) is 0 Å². The molecule has 0 unspecified atom stereocenters. The van der Waals surface area contributed by atoms with Crippen LogP contribution in [0.4, 0.5) is 0 Å². The van der Waals surface area contributed by atoms with Crippen LogP contribution in [0, 0.1) is 13.8 Å². The maximum atomic E-state index is 12.8. The van der Waals surface area contributed by atoms with E-state index in [4.69, 9.17) is 0 Å². The third-order valence-corrected chi connectivity index (χ3v) is 4.90. The number of amides is 2. The standard InChI is InChI=1S/C15H23N3O2S/c1-10-14(21-12(3)17-10)15(20)18-9-5-4-6-13(18)7-8-16-11(2)19/h13H,4-9H2,1-3H3,(H,16,19)/t13-/m0/s1. The van der Waals surface area contributed by atoms with E-state index in [2.05, 4.69) is 10.3 Å². The van der Waals surface area contributed by atoms with Crippen molar-refractivity contribution >= 4 is 23.2 Å². The average Bonchev–Trinajstić information content (AvgIpc) is 2.77. The van der Waals surface area contributed by atoms with Crippen molar-refractivity contribution in [2.75, 3.05) is 13.1 Å². The van der Waals surface area contributed by atoms with Crippen LogP contribution < -0.4 is 5.32 Å². The average molecular weight is 309 g/mol. The van der Waals surface area contributed by atoms with E-state index >= 15 is 0 Å². The molecule has 0 aliphatic carbocycles. The Kier molecular flexibility index (Phi) is 5.33. The number of likely N-dealkylation sites (tertiary alicyclic amines) is 1. The van der Waals surface area contributed by atoms with Crippen LogP contribution in [0.5, 0.6) is 0 Å². The van der Waals surface area contributed by atoms with Gasteiger partial charge in [0.1, 0.15) is 4.88 Å². The zero-order chi connectivity index (χ0) is 15.4. The quantitative estimate of drug-likeness (QED) is 0.928. The summed E-state index contributed by atoms with van der Waals surface area (Å²) < 4.78 is 0. The highest BCUT2D eigenvalue weighted by atomic mass is 32.1. The first-order chi connectivity index (χ1) is 9.99. The van der Waals surface area contributed by atoms with Crippen LogP contribution in [0.2, 0.25) is 0 Å². The van der Waals surface area contributed by atoms with Crippen molar-refractivity contribution in [3.63, 3.8) is 0 Å². The molecule has 2 amide bonds. The first kappa shape index (κ1) is 15.9. The molecule has 0 saturated carbocycles. The highest BCUT2D eigenvalue weighted by Crippen LogP contribution is 2.25. The molecule has 1 aromatic heterocycles. The molecule has 5 nitrogen and oxygen atoms in total. The second-order valence-electron chi connectivity index (χ2n) is 5.57. The summed E-state index contributed by atoms with van der Waals surface area (Å²) in [5, 5.41) is 3.75. The third kappa shape index (κ3) is 4.03. The SMILES string of the molecule is CC(=O)NCC[C@@H]1CCCCN1C(=O)c1sc(C)nc1C. The fraction of sp³-hybridized carbons (Fsp3) is 0.667.